The number of amides is 1. The van der Waals surface area contributed by atoms with Crippen LogP contribution in [0, 0.1) is 17.2 Å². The summed E-state index contributed by atoms with van der Waals surface area (Å²) in [6.45, 7) is 0. The number of nitrogens with zero attached hydrogens (tertiary/aromatic N) is 1. The molecule has 1 fully saturated rings. The smallest absolute Gasteiger partial charge is 0.349 e. The van der Waals surface area contributed by atoms with Gasteiger partial charge in [0.05, 0.1) is 17.6 Å². The average Bonchev–Trinajstić information content (AvgIpc) is 2.47. The van der Waals surface area contributed by atoms with E-state index in [9.17, 15) is 18.0 Å². The molecule has 1 aliphatic rings. The van der Waals surface area contributed by atoms with Gasteiger partial charge < -0.3 is 5.32 Å². The minimum absolute atomic E-state index is 0.0640. The van der Waals surface area contributed by atoms with E-state index in [0.29, 0.717) is 24.0 Å². The summed E-state index contributed by atoms with van der Waals surface area (Å²) in [5.74, 6) is -1.73. The average molecular weight is 296 g/mol. The summed E-state index contributed by atoms with van der Waals surface area (Å²) in [7, 11) is 0. The Morgan fingerprint density at radius 1 is 1.24 bits per heavy atom. The van der Waals surface area contributed by atoms with Crippen molar-refractivity contribution >= 4 is 5.91 Å². The molecule has 0 saturated heterocycles. The minimum atomic E-state index is -4.20. The highest BCUT2D eigenvalue weighted by Crippen LogP contribution is 2.37. The summed E-state index contributed by atoms with van der Waals surface area (Å²) in [4.78, 5) is 12.0. The van der Waals surface area contributed by atoms with Crippen LogP contribution in [0.15, 0.2) is 24.3 Å². The van der Waals surface area contributed by atoms with Gasteiger partial charge in [0.2, 0.25) is 0 Å². The maximum absolute atomic E-state index is 12.7. The molecular weight excluding hydrogens is 281 g/mol. The van der Waals surface area contributed by atoms with Gasteiger partial charge in [0.1, 0.15) is 0 Å². The predicted octanol–water partition coefficient (Wildman–Crippen LogP) is 3.41. The lowest BCUT2D eigenvalue weighted by atomic mass is 9.85. The van der Waals surface area contributed by atoms with Crippen LogP contribution in [0.25, 0.3) is 0 Å². The molecule has 0 aromatic heterocycles. The highest BCUT2D eigenvalue weighted by atomic mass is 19.4. The van der Waals surface area contributed by atoms with Gasteiger partial charge in [0.25, 0.3) is 5.91 Å². The molecule has 0 bridgehead atoms. The fraction of sp³-hybridized carbons (Fsp3) is 0.467. The van der Waals surface area contributed by atoms with Gasteiger partial charge >= 0.3 is 6.18 Å². The molecule has 1 N–H and O–H groups in total. The normalized spacial score (nSPS) is 22.4. The molecule has 1 saturated carbocycles. The number of nitrogens with one attached hydrogen (secondary N) is 1. The van der Waals surface area contributed by atoms with Crippen molar-refractivity contribution in [1.82, 2.24) is 5.32 Å². The quantitative estimate of drug-likeness (QED) is 0.909. The number of hydrogen-bond acceptors (Lipinski definition) is 2. The molecule has 3 nitrogen and oxygen atoms in total. The molecule has 0 unspecified atom stereocenters. The lowest BCUT2D eigenvalue weighted by Crippen LogP contribution is -2.41. The van der Waals surface area contributed by atoms with Crippen molar-refractivity contribution in [2.24, 2.45) is 5.92 Å². The Balaban J connectivity index is 1.97. The Morgan fingerprint density at radius 3 is 2.48 bits per heavy atom. The SMILES string of the molecule is N#Cc1ccc(C(=O)N[C@H]2CCC[C@H](C(F)(F)F)C2)cc1. The van der Waals surface area contributed by atoms with Gasteiger partial charge in [-0.1, -0.05) is 6.42 Å². The molecule has 2 atom stereocenters. The summed E-state index contributed by atoms with van der Waals surface area (Å²) < 4.78 is 38.1. The number of alkyl halides is 3. The molecule has 0 aliphatic heterocycles. The number of hydrogen-bond donors (Lipinski definition) is 1. The van der Waals surface area contributed by atoms with Crippen LogP contribution in [-0.4, -0.2) is 18.1 Å². The Bertz CT molecular complexity index is 546. The summed E-state index contributed by atoms with van der Waals surface area (Å²) in [5.41, 5.74) is 0.782. The Labute approximate surface area is 120 Å². The van der Waals surface area contributed by atoms with Gasteiger partial charge in [0.15, 0.2) is 0 Å². The van der Waals surface area contributed by atoms with Crippen LogP contribution < -0.4 is 5.32 Å². The number of carbonyl (C=O) groups excluding carboxylic acids is 1. The van der Waals surface area contributed by atoms with Crippen molar-refractivity contribution in [3.63, 3.8) is 0 Å². The molecule has 1 aliphatic carbocycles. The van der Waals surface area contributed by atoms with Crippen molar-refractivity contribution in [2.75, 3.05) is 0 Å². The zero-order valence-electron chi connectivity index (χ0n) is 11.3. The van der Waals surface area contributed by atoms with Crippen LogP contribution in [-0.2, 0) is 0 Å². The lowest BCUT2D eigenvalue weighted by Gasteiger charge is -2.31. The number of benzene rings is 1. The first-order valence-electron chi connectivity index (χ1n) is 6.78. The van der Waals surface area contributed by atoms with E-state index in [1.54, 1.807) is 0 Å². The van der Waals surface area contributed by atoms with E-state index in [-0.39, 0.29) is 12.8 Å². The molecule has 2 rings (SSSR count). The monoisotopic (exact) mass is 296 g/mol. The van der Waals surface area contributed by atoms with Crippen molar-refractivity contribution in [3.8, 4) is 6.07 Å². The maximum Gasteiger partial charge on any atom is 0.391 e. The largest absolute Gasteiger partial charge is 0.391 e. The molecule has 0 heterocycles. The standard InChI is InChI=1S/C15H15F3N2O/c16-15(17,18)12-2-1-3-13(8-12)20-14(21)11-6-4-10(9-19)5-7-11/h4-7,12-13H,1-3,8H2,(H,20,21)/t12-,13-/m0/s1. The first kappa shape index (κ1) is 15.4. The van der Waals surface area contributed by atoms with E-state index in [2.05, 4.69) is 5.32 Å². The topological polar surface area (TPSA) is 52.9 Å². The van der Waals surface area contributed by atoms with Crippen LogP contribution >= 0.6 is 0 Å². The van der Waals surface area contributed by atoms with Crippen LogP contribution in [0.4, 0.5) is 13.2 Å². The predicted molar refractivity (Wildman–Crippen MR) is 70.4 cm³/mol. The van der Waals surface area contributed by atoms with Crippen molar-refractivity contribution in [1.29, 1.82) is 5.26 Å². The maximum atomic E-state index is 12.7. The third kappa shape index (κ3) is 3.97. The van der Waals surface area contributed by atoms with Gasteiger partial charge in [-0.2, -0.15) is 18.4 Å². The minimum Gasteiger partial charge on any atom is -0.349 e. The Kier molecular flexibility index (Phi) is 4.51. The fourth-order valence-corrected chi connectivity index (χ4v) is 2.58. The first-order valence-corrected chi connectivity index (χ1v) is 6.78. The number of nitriles is 1. The van der Waals surface area contributed by atoms with E-state index in [1.165, 1.54) is 24.3 Å². The van der Waals surface area contributed by atoms with Gasteiger partial charge in [-0.25, -0.2) is 0 Å². The molecule has 1 amide bonds. The molecule has 0 radical (unpaired) electrons. The molecule has 21 heavy (non-hydrogen) atoms. The third-order valence-corrected chi connectivity index (χ3v) is 3.75. The summed E-state index contributed by atoms with van der Waals surface area (Å²) in [6, 6.07) is 7.50. The molecule has 1 aromatic rings. The van der Waals surface area contributed by atoms with Gasteiger partial charge in [0, 0.05) is 11.6 Å². The molecule has 112 valence electrons. The fourth-order valence-electron chi connectivity index (χ4n) is 2.58. The Morgan fingerprint density at radius 2 is 1.90 bits per heavy atom. The van der Waals surface area contributed by atoms with Gasteiger partial charge in [-0.3, -0.25) is 4.79 Å². The molecule has 6 heteroatoms. The van der Waals surface area contributed by atoms with Gasteiger partial charge in [-0.05, 0) is 43.5 Å². The third-order valence-electron chi connectivity index (χ3n) is 3.75. The zero-order chi connectivity index (χ0) is 15.5. The van der Waals surface area contributed by atoms with Crippen LogP contribution in [0.5, 0.6) is 0 Å². The molecule has 1 aromatic carbocycles. The second-order valence-corrected chi connectivity index (χ2v) is 5.26. The second-order valence-electron chi connectivity index (χ2n) is 5.26. The highest BCUT2D eigenvalue weighted by molar-refractivity contribution is 5.94. The highest BCUT2D eigenvalue weighted by Gasteiger charge is 2.42. The molecular formula is C15H15F3N2O. The van der Waals surface area contributed by atoms with Crippen LogP contribution in [0.2, 0.25) is 0 Å². The van der Waals surface area contributed by atoms with Crippen molar-refractivity contribution in [2.45, 2.75) is 37.9 Å². The summed E-state index contributed by atoms with van der Waals surface area (Å²) in [5, 5.41) is 11.3. The van der Waals surface area contributed by atoms with E-state index in [1.807, 2.05) is 6.07 Å². The van der Waals surface area contributed by atoms with Crippen LogP contribution in [0.3, 0.4) is 0 Å². The van der Waals surface area contributed by atoms with E-state index < -0.39 is 24.0 Å². The van der Waals surface area contributed by atoms with E-state index in [0.717, 1.165) is 0 Å². The van der Waals surface area contributed by atoms with Gasteiger partial charge in [-0.15, -0.1) is 0 Å². The number of rotatable bonds is 2. The first-order chi connectivity index (χ1) is 9.90. The zero-order valence-corrected chi connectivity index (χ0v) is 11.3. The summed E-state index contributed by atoms with van der Waals surface area (Å²) in [6.07, 6.45) is -3.10. The van der Waals surface area contributed by atoms with Crippen LogP contribution in [0.1, 0.15) is 41.6 Å². The lowest BCUT2D eigenvalue weighted by molar-refractivity contribution is -0.183. The summed E-state index contributed by atoms with van der Waals surface area (Å²) >= 11 is 0. The van der Waals surface area contributed by atoms with E-state index >= 15 is 0 Å². The number of halogens is 3. The molecule has 0 spiro atoms. The Hall–Kier alpha value is -2.03. The second kappa shape index (κ2) is 6.17. The number of carbonyl (C=O) groups is 1. The van der Waals surface area contributed by atoms with E-state index in [4.69, 9.17) is 5.26 Å². The van der Waals surface area contributed by atoms with Crippen molar-refractivity contribution < 1.29 is 18.0 Å². The van der Waals surface area contributed by atoms with Crippen molar-refractivity contribution in [3.05, 3.63) is 35.4 Å².